The molecule has 3 fully saturated rings. The first-order valence-corrected chi connectivity index (χ1v) is 9.77. The Kier molecular flexibility index (Phi) is 4.25. The van der Waals surface area contributed by atoms with E-state index in [1.807, 2.05) is 0 Å². The van der Waals surface area contributed by atoms with E-state index in [1.165, 1.54) is 57.8 Å². The van der Waals surface area contributed by atoms with E-state index in [-0.39, 0.29) is 0 Å². The van der Waals surface area contributed by atoms with Crippen LogP contribution in [0.4, 0.5) is 0 Å². The maximum Gasteiger partial charge on any atom is -0.00203 e. The highest BCUT2D eigenvalue weighted by molar-refractivity contribution is 5.11. The van der Waals surface area contributed by atoms with Crippen LogP contribution in [0.5, 0.6) is 0 Å². The van der Waals surface area contributed by atoms with Crippen molar-refractivity contribution in [2.24, 2.45) is 39.7 Å². The minimum Gasteiger partial charge on any atom is -0.330 e. The lowest BCUT2D eigenvalue weighted by atomic mass is 9.39. The van der Waals surface area contributed by atoms with Gasteiger partial charge in [0.1, 0.15) is 0 Å². The molecular formula is C21H37N. The van der Waals surface area contributed by atoms with Gasteiger partial charge in [-0.1, -0.05) is 39.7 Å². The number of fused-ring (bicyclic) bond motifs is 3. The van der Waals surface area contributed by atoms with Crippen LogP contribution in [0.3, 0.4) is 0 Å². The molecule has 126 valence electrons. The molecule has 0 aliphatic heterocycles. The lowest BCUT2D eigenvalue weighted by Crippen LogP contribution is -2.58. The van der Waals surface area contributed by atoms with E-state index in [0.717, 1.165) is 24.3 Å². The van der Waals surface area contributed by atoms with Crippen LogP contribution in [0.15, 0.2) is 12.7 Å². The fourth-order valence-electron chi connectivity index (χ4n) is 7.32. The summed E-state index contributed by atoms with van der Waals surface area (Å²) in [6.07, 6.45) is 14.9. The standard InChI is InChI=1S/C21H37N/c1-5-16-8-9-18-20(4)12-7-11-19(3,15-22)17(20)10-13-21(18,6-2)14-16/h5,16-18H,1,6-15,22H2,2-4H3. The number of nitrogens with two attached hydrogens (primary N) is 1. The van der Waals surface area contributed by atoms with E-state index in [1.54, 1.807) is 0 Å². The zero-order valence-corrected chi connectivity index (χ0v) is 15.2. The molecule has 6 atom stereocenters. The molecule has 1 heteroatoms. The van der Waals surface area contributed by atoms with Crippen LogP contribution in [0, 0.1) is 34.0 Å². The van der Waals surface area contributed by atoms with Crippen molar-refractivity contribution in [2.75, 3.05) is 6.54 Å². The molecule has 0 saturated heterocycles. The molecule has 0 amide bonds. The van der Waals surface area contributed by atoms with Gasteiger partial charge in [0.05, 0.1) is 0 Å². The van der Waals surface area contributed by atoms with Crippen molar-refractivity contribution >= 4 is 0 Å². The van der Waals surface area contributed by atoms with Crippen molar-refractivity contribution in [1.82, 2.24) is 0 Å². The summed E-state index contributed by atoms with van der Waals surface area (Å²) >= 11 is 0. The van der Waals surface area contributed by atoms with Gasteiger partial charge >= 0.3 is 0 Å². The lowest BCUT2D eigenvalue weighted by Gasteiger charge is -2.65. The number of hydrogen-bond donors (Lipinski definition) is 1. The van der Waals surface area contributed by atoms with Gasteiger partial charge in [-0.15, -0.1) is 6.58 Å². The van der Waals surface area contributed by atoms with Gasteiger partial charge in [0, 0.05) is 0 Å². The molecule has 6 unspecified atom stereocenters. The minimum absolute atomic E-state index is 0.391. The molecule has 1 nitrogen and oxygen atoms in total. The van der Waals surface area contributed by atoms with Crippen LogP contribution in [0.25, 0.3) is 0 Å². The Morgan fingerprint density at radius 1 is 1.09 bits per heavy atom. The van der Waals surface area contributed by atoms with Crippen molar-refractivity contribution in [2.45, 2.75) is 78.6 Å². The molecule has 0 heterocycles. The predicted molar refractivity (Wildman–Crippen MR) is 95.6 cm³/mol. The topological polar surface area (TPSA) is 26.0 Å². The van der Waals surface area contributed by atoms with E-state index < -0.39 is 0 Å². The summed E-state index contributed by atoms with van der Waals surface area (Å²) in [5, 5.41) is 0. The molecule has 3 aliphatic rings. The van der Waals surface area contributed by atoms with Crippen LogP contribution < -0.4 is 5.73 Å². The van der Waals surface area contributed by atoms with Gasteiger partial charge in [-0.2, -0.15) is 0 Å². The van der Waals surface area contributed by atoms with Crippen molar-refractivity contribution < 1.29 is 0 Å². The second-order valence-corrected chi connectivity index (χ2v) is 9.35. The minimum atomic E-state index is 0.391. The van der Waals surface area contributed by atoms with Crippen LogP contribution in [-0.4, -0.2) is 6.54 Å². The van der Waals surface area contributed by atoms with Gasteiger partial charge in [0.2, 0.25) is 0 Å². The molecule has 3 saturated carbocycles. The summed E-state index contributed by atoms with van der Waals surface area (Å²) in [6.45, 7) is 12.6. The highest BCUT2D eigenvalue weighted by Gasteiger charge is 2.60. The Morgan fingerprint density at radius 2 is 1.86 bits per heavy atom. The van der Waals surface area contributed by atoms with Crippen molar-refractivity contribution in [3.8, 4) is 0 Å². The first-order valence-electron chi connectivity index (χ1n) is 9.77. The summed E-state index contributed by atoms with van der Waals surface area (Å²) in [7, 11) is 0. The molecule has 3 rings (SSSR count). The van der Waals surface area contributed by atoms with Gasteiger partial charge in [-0.05, 0) is 85.5 Å². The molecule has 0 aromatic rings. The third-order valence-corrected chi connectivity index (χ3v) is 8.57. The summed E-state index contributed by atoms with van der Waals surface area (Å²) in [4.78, 5) is 0. The molecule has 2 N–H and O–H groups in total. The van der Waals surface area contributed by atoms with Crippen LogP contribution >= 0.6 is 0 Å². The Hall–Kier alpha value is -0.300. The van der Waals surface area contributed by atoms with Crippen LogP contribution in [0.1, 0.15) is 78.6 Å². The van der Waals surface area contributed by atoms with E-state index in [4.69, 9.17) is 5.73 Å². The molecular weight excluding hydrogens is 266 g/mol. The predicted octanol–water partition coefficient (Wildman–Crippen LogP) is 5.55. The average Bonchev–Trinajstić information content (AvgIpc) is 2.54. The van der Waals surface area contributed by atoms with Gasteiger partial charge in [-0.25, -0.2) is 0 Å². The number of hydrogen-bond acceptors (Lipinski definition) is 1. The van der Waals surface area contributed by atoms with E-state index in [0.29, 0.717) is 16.2 Å². The molecule has 22 heavy (non-hydrogen) atoms. The van der Waals surface area contributed by atoms with E-state index in [9.17, 15) is 0 Å². The zero-order valence-electron chi connectivity index (χ0n) is 15.2. The molecule has 3 aliphatic carbocycles. The van der Waals surface area contributed by atoms with Gasteiger partial charge in [0.25, 0.3) is 0 Å². The zero-order chi connectivity index (χ0) is 16.0. The Labute approximate surface area is 138 Å². The van der Waals surface area contributed by atoms with Gasteiger partial charge in [0.15, 0.2) is 0 Å². The van der Waals surface area contributed by atoms with E-state index >= 15 is 0 Å². The highest BCUT2D eigenvalue weighted by atomic mass is 14.7. The maximum absolute atomic E-state index is 6.27. The number of rotatable bonds is 3. The third kappa shape index (κ3) is 2.22. The molecule has 0 radical (unpaired) electrons. The summed E-state index contributed by atoms with van der Waals surface area (Å²) in [5.74, 6) is 2.54. The highest BCUT2D eigenvalue weighted by Crippen LogP contribution is 2.68. The normalized spacial score (nSPS) is 51.7. The molecule has 0 aromatic carbocycles. The second-order valence-electron chi connectivity index (χ2n) is 9.35. The maximum atomic E-state index is 6.27. The first-order chi connectivity index (χ1) is 10.4. The fourth-order valence-corrected chi connectivity index (χ4v) is 7.32. The molecule has 0 bridgehead atoms. The van der Waals surface area contributed by atoms with Crippen molar-refractivity contribution in [3.63, 3.8) is 0 Å². The van der Waals surface area contributed by atoms with Crippen LogP contribution in [0.2, 0.25) is 0 Å². The summed E-state index contributed by atoms with van der Waals surface area (Å²) in [6, 6.07) is 0. The van der Waals surface area contributed by atoms with E-state index in [2.05, 4.69) is 33.4 Å². The van der Waals surface area contributed by atoms with Crippen molar-refractivity contribution in [1.29, 1.82) is 0 Å². The average molecular weight is 304 g/mol. The summed E-state index contributed by atoms with van der Waals surface area (Å²) < 4.78 is 0. The second kappa shape index (κ2) is 5.65. The Bertz CT molecular complexity index is 430. The Morgan fingerprint density at radius 3 is 2.50 bits per heavy atom. The number of allylic oxidation sites excluding steroid dienone is 1. The lowest BCUT2D eigenvalue weighted by molar-refractivity contribution is -0.157. The third-order valence-electron chi connectivity index (χ3n) is 8.57. The SMILES string of the molecule is C=CC1CCC2C(CC)(CCC3C(C)(CN)CCCC32C)C1. The fraction of sp³-hybridized carbons (Fsp3) is 0.905. The smallest absolute Gasteiger partial charge is 0.00203 e. The molecule has 0 aromatic heterocycles. The largest absolute Gasteiger partial charge is 0.330 e. The quantitative estimate of drug-likeness (QED) is 0.680. The van der Waals surface area contributed by atoms with Crippen molar-refractivity contribution in [3.05, 3.63) is 12.7 Å². The molecule has 0 spiro atoms. The first kappa shape index (κ1) is 16.6. The van der Waals surface area contributed by atoms with Gasteiger partial charge < -0.3 is 5.73 Å². The Balaban J connectivity index is 1.96. The summed E-state index contributed by atoms with van der Waals surface area (Å²) in [5.41, 5.74) is 7.79. The van der Waals surface area contributed by atoms with Crippen LogP contribution in [-0.2, 0) is 0 Å². The van der Waals surface area contributed by atoms with Gasteiger partial charge in [-0.3, -0.25) is 0 Å². The monoisotopic (exact) mass is 303 g/mol.